The van der Waals surface area contributed by atoms with Gasteiger partial charge >= 0.3 is 0 Å². The molecule has 0 fully saturated rings. The number of phenolic OH excluding ortho intramolecular Hbond substituents is 1. The van der Waals surface area contributed by atoms with E-state index in [2.05, 4.69) is 10.2 Å². The Kier molecular flexibility index (Phi) is 3.94. The van der Waals surface area contributed by atoms with Crippen LogP contribution in [0.15, 0.2) is 64.8 Å². The number of hydrogen-bond acceptors (Lipinski definition) is 4. The SMILES string of the molecule is COc1ccc(Cl)cc1/N=N/c1c(O)ccc2ccccc12. The van der Waals surface area contributed by atoms with E-state index in [-0.39, 0.29) is 5.75 Å². The van der Waals surface area contributed by atoms with Crippen LogP contribution in [0, 0.1) is 0 Å². The molecule has 0 amide bonds. The number of nitrogens with zero attached hydrogens (tertiary/aromatic N) is 2. The highest BCUT2D eigenvalue weighted by atomic mass is 35.5. The molecule has 0 spiro atoms. The molecule has 0 radical (unpaired) electrons. The van der Waals surface area contributed by atoms with Gasteiger partial charge in [-0.2, -0.15) is 0 Å². The molecule has 0 aromatic heterocycles. The van der Waals surface area contributed by atoms with Crippen LogP contribution in [0.4, 0.5) is 11.4 Å². The number of methoxy groups -OCH3 is 1. The summed E-state index contributed by atoms with van der Waals surface area (Å²) in [4.78, 5) is 0. The summed E-state index contributed by atoms with van der Waals surface area (Å²) in [5, 5.41) is 20.8. The first-order valence-corrected chi connectivity index (χ1v) is 7.03. The van der Waals surface area contributed by atoms with Gasteiger partial charge in [-0.25, -0.2) is 0 Å². The van der Waals surface area contributed by atoms with Crippen LogP contribution in [0.5, 0.6) is 11.5 Å². The molecule has 0 saturated carbocycles. The summed E-state index contributed by atoms with van der Waals surface area (Å²) >= 11 is 5.98. The molecule has 3 rings (SSSR count). The minimum absolute atomic E-state index is 0.0726. The van der Waals surface area contributed by atoms with E-state index < -0.39 is 0 Å². The second-order valence-corrected chi connectivity index (χ2v) is 5.11. The monoisotopic (exact) mass is 312 g/mol. The van der Waals surface area contributed by atoms with Gasteiger partial charge in [-0.05, 0) is 29.7 Å². The minimum atomic E-state index is 0.0726. The number of fused-ring (bicyclic) bond motifs is 1. The zero-order chi connectivity index (χ0) is 15.5. The molecule has 3 aromatic carbocycles. The molecule has 22 heavy (non-hydrogen) atoms. The molecular formula is C17H13ClN2O2. The molecule has 0 bridgehead atoms. The normalized spacial score (nSPS) is 11.2. The lowest BCUT2D eigenvalue weighted by Crippen LogP contribution is -1.82. The van der Waals surface area contributed by atoms with Crippen LogP contribution in [0.3, 0.4) is 0 Å². The van der Waals surface area contributed by atoms with Crippen molar-refractivity contribution in [3.8, 4) is 11.5 Å². The number of ether oxygens (including phenoxy) is 1. The molecule has 5 heteroatoms. The molecule has 1 N–H and O–H groups in total. The maximum atomic E-state index is 10.1. The summed E-state index contributed by atoms with van der Waals surface area (Å²) in [6, 6.07) is 16.2. The van der Waals surface area contributed by atoms with Crippen molar-refractivity contribution in [2.75, 3.05) is 7.11 Å². The number of rotatable bonds is 3. The maximum Gasteiger partial charge on any atom is 0.146 e. The Morgan fingerprint density at radius 3 is 2.64 bits per heavy atom. The van der Waals surface area contributed by atoms with E-state index in [0.29, 0.717) is 22.1 Å². The molecule has 0 aliphatic heterocycles. The van der Waals surface area contributed by atoms with Crippen LogP contribution in [-0.4, -0.2) is 12.2 Å². The lowest BCUT2D eigenvalue weighted by Gasteiger charge is -2.05. The van der Waals surface area contributed by atoms with Crippen molar-refractivity contribution in [1.82, 2.24) is 0 Å². The van der Waals surface area contributed by atoms with E-state index in [4.69, 9.17) is 16.3 Å². The third-order valence-electron chi connectivity index (χ3n) is 3.28. The molecule has 4 nitrogen and oxygen atoms in total. The highest BCUT2D eigenvalue weighted by molar-refractivity contribution is 6.30. The Morgan fingerprint density at radius 2 is 1.82 bits per heavy atom. The summed E-state index contributed by atoms with van der Waals surface area (Å²) in [5.41, 5.74) is 0.919. The number of azo groups is 1. The standard InChI is InChI=1S/C17H13ClN2O2/c1-22-16-9-7-12(18)10-14(16)19-20-17-13-5-3-2-4-11(13)6-8-15(17)21/h2-10,21H,1H3/b20-19+. The number of halogens is 1. The molecule has 0 heterocycles. The lowest BCUT2D eigenvalue weighted by molar-refractivity contribution is 0.416. The summed E-state index contributed by atoms with van der Waals surface area (Å²) in [6.07, 6.45) is 0. The quantitative estimate of drug-likeness (QED) is 0.638. The van der Waals surface area contributed by atoms with Crippen molar-refractivity contribution in [3.05, 3.63) is 59.6 Å². The number of phenols is 1. The van der Waals surface area contributed by atoms with Gasteiger partial charge in [0.25, 0.3) is 0 Å². The van der Waals surface area contributed by atoms with Crippen LogP contribution < -0.4 is 4.74 Å². The first-order valence-electron chi connectivity index (χ1n) is 6.65. The van der Waals surface area contributed by atoms with Gasteiger partial charge in [0.05, 0.1) is 7.11 Å². The summed E-state index contributed by atoms with van der Waals surface area (Å²) < 4.78 is 5.23. The fraction of sp³-hybridized carbons (Fsp3) is 0.0588. The van der Waals surface area contributed by atoms with E-state index in [1.54, 1.807) is 31.4 Å². The van der Waals surface area contributed by atoms with Crippen molar-refractivity contribution >= 4 is 33.7 Å². The molecule has 0 aliphatic rings. The average Bonchev–Trinajstić information content (AvgIpc) is 2.54. The predicted octanol–water partition coefficient (Wildman–Crippen LogP) is 5.62. The molecule has 0 unspecified atom stereocenters. The van der Waals surface area contributed by atoms with Crippen LogP contribution in [0.1, 0.15) is 0 Å². The largest absolute Gasteiger partial charge is 0.506 e. The van der Waals surface area contributed by atoms with Crippen molar-refractivity contribution in [2.45, 2.75) is 0 Å². The van der Waals surface area contributed by atoms with Crippen molar-refractivity contribution in [1.29, 1.82) is 0 Å². The zero-order valence-electron chi connectivity index (χ0n) is 11.8. The summed E-state index contributed by atoms with van der Waals surface area (Å²) in [7, 11) is 1.55. The smallest absolute Gasteiger partial charge is 0.146 e. The van der Waals surface area contributed by atoms with Gasteiger partial charge in [-0.3, -0.25) is 0 Å². The van der Waals surface area contributed by atoms with Crippen LogP contribution >= 0.6 is 11.6 Å². The average molecular weight is 313 g/mol. The van der Waals surface area contributed by atoms with Gasteiger partial charge in [0, 0.05) is 10.4 Å². The van der Waals surface area contributed by atoms with Crippen molar-refractivity contribution < 1.29 is 9.84 Å². The zero-order valence-corrected chi connectivity index (χ0v) is 12.6. The van der Waals surface area contributed by atoms with E-state index in [0.717, 1.165) is 10.8 Å². The van der Waals surface area contributed by atoms with E-state index in [1.165, 1.54) is 0 Å². The van der Waals surface area contributed by atoms with Gasteiger partial charge in [-0.1, -0.05) is 41.9 Å². The van der Waals surface area contributed by atoms with Gasteiger partial charge in [0.15, 0.2) is 0 Å². The molecule has 110 valence electrons. The molecule has 0 aliphatic carbocycles. The van der Waals surface area contributed by atoms with Crippen molar-refractivity contribution in [3.63, 3.8) is 0 Å². The second-order valence-electron chi connectivity index (χ2n) is 4.67. The predicted molar refractivity (Wildman–Crippen MR) is 87.8 cm³/mol. The Morgan fingerprint density at radius 1 is 1.00 bits per heavy atom. The van der Waals surface area contributed by atoms with Crippen molar-refractivity contribution in [2.24, 2.45) is 10.2 Å². The van der Waals surface area contributed by atoms with Gasteiger partial charge in [0.1, 0.15) is 22.9 Å². The number of hydrogen-bond donors (Lipinski definition) is 1. The first-order chi connectivity index (χ1) is 10.7. The molecule has 0 saturated heterocycles. The molecule has 3 aromatic rings. The highest BCUT2D eigenvalue weighted by Gasteiger charge is 2.07. The topological polar surface area (TPSA) is 54.2 Å². The molecule has 0 atom stereocenters. The number of benzene rings is 3. The van der Waals surface area contributed by atoms with Crippen LogP contribution in [0.2, 0.25) is 5.02 Å². The Labute approximate surface area is 132 Å². The van der Waals surface area contributed by atoms with Gasteiger partial charge < -0.3 is 9.84 Å². The fourth-order valence-corrected chi connectivity index (χ4v) is 2.36. The Bertz CT molecular complexity index is 862. The minimum Gasteiger partial charge on any atom is -0.506 e. The highest BCUT2D eigenvalue weighted by Crippen LogP contribution is 2.37. The van der Waals surface area contributed by atoms with Gasteiger partial charge in [-0.15, -0.1) is 10.2 Å². The summed E-state index contributed by atoms with van der Waals surface area (Å²) in [5.74, 6) is 0.635. The molecular weight excluding hydrogens is 300 g/mol. The van der Waals surface area contributed by atoms with E-state index in [9.17, 15) is 5.11 Å². The lowest BCUT2D eigenvalue weighted by atomic mass is 10.1. The van der Waals surface area contributed by atoms with Crippen LogP contribution in [-0.2, 0) is 0 Å². The van der Waals surface area contributed by atoms with E-state index >= 15 is 0 Å². The Hall–Kier alpha value is -2.59. The third-order valence-corrected chi connectivity index (χ3v) is 3.51. The summed E-state index contributed by atoms with van der Waals surface area (Å²) in [6.45, 7) is 0. The van der Waals surface area contributed by atoms with E-state index in [1.807, 2.05) is 30.3 Å². The maximum absolute atomic E-state index is 10.1. The fourth-order valence-electron chi connectivity index (χ4n) is 2.19. The second kappa shape index (κ2) is 6.03. The van der Waals surface area contributed by atoms with Gasteiger partial charge in [0.2, 0.25) is 0 Å². The number of aromatic hydroxyl groups is 1. The third kappa shape index (κ3) is 2.73. The Balaban J connectivity index is 2.10. The van der Waals surface area contributed by atoms with Crippen LogP contribution in [0.25, 0.3) is 10.8 Å². The first kappa shape index (κ1) is 14.4.